The molecule has 1 fully saturated rings. The number of hydrogen-bond acceptors (Lipinski definition) is 8. The Morgan fingerprint density at radius 1 is 1.13 bits per heavy atom. The van der Waals surface area contributed by atoms with Gasteiger partial charge in [0.2, 0.25) is 0 Å². The molecular formula is C12H20O10S. The van der Waals surface area contributed by atoms with E-state index in [2.05, 4.69) is 0 Å². The summed E-state index contributed by atoms with van der Waals surface area (Å²) < 4.78 is 35.0. The zero-order valence-corrected chi connectivity index (χ0v) is 12.8. The molecule has 0 saturated carbocycles. The van der Waals surface area contributed by atoms with E-state index in [1.54, 1.807) is 0 Å². The van der Waals surface area contributed by atoms with Crippen molar-refractivity contribution in [3.8, 4) is 0 Å². The van der Waals surface area contributed by atoms with E-state index in [-0.39, 0.29) is 18.4 Å². The van der Waals surface area contributed by atoms with Crippen molar-refractivity contribution in [1.82, 2.24) is 0 Å². The maximum Gasteiger partial charge on any atom is 0.331 e. The first-order valence-electron chi connectivity index (χ1n) is 6.76. The van der Waals surface area contributed by atoms with Crippen molar-refractivity contribution < 1.29 is 48.0 Å². The molecule has 0 aliphatic carbocycles. The fourth-order valence-electron chi connectivity index (χ4n) is 2.17. The summed E-state index contributed by atoms with van der Waals surface area (Å²) in [5, 5.41) is 47.2. The number of ether oxygens (including phenoxy) is 1. The van der Waals surface area contributed by atoms with Crippen LogP contribution < -0.4 is 0 Å². The van der Waals surface area contributed by atoms with Crippen LogP contribution in [0.3, 0.4) is 0 Å². The Hall–Kier alpha value is -1.08. The first-order valence-corrected chi connectivity index (χ1v) is 8.37. The van der Waals surface area contributed by atoms with Crippen LogP contribution in [-0.4, -0.2) is 87.4 Å². The zero-order chi connectivity index (χ0) is 17.8. The third-order valence-electron chi connectivity index (χ3n) is 3.42. The molecule has 0 amide bonds. The Morgan fingerprint density at radius 3 is 2.22 bits per heavy atom. The van der Waals surface area contributed by atoms with Crippen molar-refractivity contribution in [1.29, 1.82) is 0 Å². The average molecular weight is 356 g/mol. The van der Waals surface area contributed by atoms with Gasteiger partial charge < -0.3 is 30.3 Å². The summed E-state index contributed by atoms with van der Waals surface area (Å²) in [4.78, 5) is 11.2. The van der Waals surface area contributed by atoms with Crippen LogP contribution in [0.1, 0.15) is 12.8 Å². The van der Waals surface area contributed by atoms with E-state index < -0.39 is 59.0 Å². The molecule has 1 rings (SSSR count). The van der Waals surface area contributed by atoms with Gasteiger partial charge >= 0.3 is 5.97 Å². The highest BCUT2D eigenvalue weighted by atomic mass is 32.2. The molecule has 1 aliphatic heterocycles. The summed E-state index contributed by atoms with van der Waals surface area (Å²) in [6, 6.07) is 0. The third-order valence-corrected chi connectivity index (χ3v) is 4.22. The number of hydrogen-bond donors (Lipinski definition) is 6. The SMILES string of the molecule is O=C(O)C(=CC1O[C@H](CO)[C@@H](O)[C@H](O)[C@H]1O)CCCS(=O)(=O)O. The molecule has 0 aromatic heterocycles. The molecule has 11 heteroatoms. The molecule has 0 aromatic carbocycles. The minimum Gasteiger partial charge on any atom is -0.478 e. The number of carboxylic acids is 1. The Kier molecular flexibility index (Phi) is 7.07. The smallest absolute Gasteiger partial charge is 0.331 e. The number of aliphatic hydroxyl groups excluding tert-OH is 4. The van der Waals surface area contributed by atoms with Gasteiger partial charge in [0.25, 0.3) is 10.1 Å². The van der Waals surface area contributed by atoms with Crippen LogP contribution in [0.5, 0.6) is 0 Å². The third kappa shape index (κ3) is 5.80. The van der Waals surface area contributed by atoms with Crippen LogP contribution in [0.15, 0.2) is 11.6 Å². The zero-order valence-electron chi connectivity index (χ0n) is 12.0. The highest BCUT2D eigenvalue weighted by Crippen LogP contribution is 2.23. The van der Waals surface area contributed by atoms with Crippen LogP contribution in [0.4, 0.5) is 0 Å². The topological polar surface area (TPSA) is 182 Å². The number of aliphatic carboxylic acids is 1. The lowest BCUT2D eigenvalue weighted by molar-refractivity contribution is -0.216. The monoisotopic (exact) mass is 356 g/mol. The summed E-state index contributed by atoms with van der Waals surface area (Å²) in [7, 11) is -4.23. The van der Waals surface area contributed by atoms with Gasteiger partial charge in [-0.1, -0.05) is 0 Å². The predicted octanol–water partition coefficient (Wildman–Crippen LogP) is -2.49. The number of carboxylic acid groups (broad SMARTS) is 1. The van der Waals surface area contributed by atoms with Gasteiger partial charge in [-0.05, 0) is 18.9 Å². The van der Waals surface area contributed by atoms with Crippen LogP contribution in [0, 0.1) is 0 Å². The van der Waals surface area contributed by atoms with Crippen molar-refractivity contribution in [2.45, 2.75) is 43.4 Å². The van der Waals surface area contributed by atoms with Gasteiger partial charge in [-0.15, -0.1) is 0 Å². The Morgan fingerprint density at radius 2 is 1.74 bits per heavy atom. The summed E-state index contributed by atoms with van der Waals surface area (Å²) in [6.07, 6.45) is -6.73. The van der Waals surface area contributed by atoms with Gasteiger partial charge in [-0.3, -0.25) is 4.55 Å². The molecule has 23 heavy (non-hydrogen) atoms. The maximum atomic E-state index is 11.2. The summed E-state index contributed by atoms with van der Waals surface area (Å²) in [5.74, 6) is -2.02. The molecule has 5 atom stereocenters. The van der Waals surface area contributed by atoms with Crippen LogP contribution in [0.2, 0.25) is 0 Å². The molecule has 134 valence electrons. The van der Waals surface area contributed by atoms with Crippen LogP contribution >= 0.6 is 0 Å². The quantitative estimate of drug-likeness (QED) is 0.211. The molecule has 0 spiro atoms. The fraction of sp³-hybridized carbons (Fsp3) is 0.750. The second-order valence-electron chi connectivity index (χ2n) is 5.18. The molecule has 0 bridgehead atoms. The van der Waals surface area contributed by atoms with E-state index in [0.29, 0.717) is 0 Å². The van der Waals surface area contributed by atoms with Gasteiger partial charge in [0, 0.05) is 5.57 Å². The first-order chi connectivity index (χ1) is 10.6. The van der Waals surface area contributed by atoms with Gasteiger partial charge in [-0.2, -0.15) is 8.42 Å². The normalized spacial score (nSPS) is 32.7. The molecule has 1 unspecified atom stereocenters. The standard InChI is InChI=1S/C12H20O10S/c13-5-8-10(15)11(16)9(14)7(22-8)4-6(12(17)18)2-1-3-23(19,20)21/h4,7-11,13-16H,1-3,5H2,(H,17,18)(H,19,20,21)/t7?,8-,9+,10-,11-/m1/s1. The Labute approximate surface area is 132 Å². The van der Waals surface area contributed by atoms with Crippen molar-refractivity contribution >= 4 is 16.1 Å². The fourth-order valence-corrected chi connectivity index (χ4v) is 2.68. The van der Waals surface area contributed by atoms with E-state index in [4.69, 9.17) is 19.5 Å². The lowest BCUT2D eigenvalue weighted by Crippen LogP contribution is -2.58. The van der Waals surface area contributed by atoms with Crippen molar-refractivity contribution in [3.63, 3.8) is 0 Å². The molecule has 1 aliphatic rings. The highest BCUT2D eigenvalue weighted by molar-refractivity contribution is 7.85. The maximum absolute atomic E-state index is 11.2. The lowest BCUT2D eigenvalue weighted by atomic mass is 9.93. The summed E-state index contributed by atoms with van der Waals surface area (Å²) in [5.41, 5.74) is -0.294. The molecule has 0 aromatic rings. The second-order valence-corrected chi connectivity index (χ2v) is 6.75. The highest BCUT2D eigenvalue weighted by Gasteiger charge is 2.42. The van der Waals surface area contributed by atoms with E-state index in [1.807, 2.05) is 0 Å². The molecule has 10 nitrogen and oxygen atoms in total. The lowest BCUT2D eigenvalue weighted by Gasteiger charge is -2.39. The molecule has 6 N–H and O–H groups in total. The minimum absolute atomic E-state index is 0.172. The van der Waals surface area contributed by atoms with Crippen LogP contribution in [-0.2, 0) is 19.6 Å². The van der Waals surface area contributed by atoms with Gasteiger partial charge in [-0.25, -0.2) is 4.79 Å². The Balaban J connectivity index is 2.86. The van der Waals surface area contributed by atoms with Crippen molar-refractivity contribution in [2.75, 3.05) is 12.4 Å². The van der Waals surface area contributed by atoms with E-state index in [0.717, 1.165) is 6.08 Å². The Bertz CT molecular complexity index is 540. The summed E-state index contributed by atoms with van der Waals surface area (Å²) in [6.45, 7) is -0.652. The van der Waals surface area contributed by atoms with Gasteiger partial charge in [0.1, 0.15) is 30.5 Å². The van der Waals surface area contributed by atoms with Gasteiger partial charge in [0.15, 0.2) is 0 Å². The van der Waals surface area contributed by atoms with Gasteiger partial charge in [0.05, 0.1) is 12.4 Å². The number of aliphatic hydroxyl groups is 4. The second kappa shape index (κ2) is 8.15. The van der Waals surface area contributed by atoms with Crippen molar-refractivity contribution in [2.24, 2.45) is 0 Å². The van der Waals surface area contributed by atoms with Crippen molar-refractivity contribution in [3.05, 3.63) is 11.6 Å². The van der Waals surface area contributed by atoms with E-state index in [1.165, 1.54) is 0 Å². The first kappa shape index (κ1) is 20.0. The summed E-state index contributed by atoms with van der Waals surface area (Å²) >= 11 is 0. The molecule has 0 radical (unpaired) electrons. The largest absolute Gasteiger partial charge is 0.478 e. The number of rotatable bonds is 7. The average Bonchev–Trinajstić information content (AvgIpc) is 2.44. The van der Waals surface area contributed by atoms with E-state index in [9.17, 15) is 28.5 Å². The predicted molar refractivity (Wildman–Crippen MR) is 75.1 cm³/mol. The van der Waals surface area contributed by atoms with Crippen LogP contribution in [0.25, 0.3) is 0 Å². The molecular weight excluding hydrogens is 336 g/mol. The molecule has 1 saturated heterocycles. The number of carbonyl (C=O) groups is 1. The van der Waals surface area contributed by atoms with E-state index >= 15 is 0 Å². The molecule has 1 heterocycles. The minimum atomic E-state index is -4.23.